The van der Waals surface area contributed by atoms with Gasteiger partial charge in [0.2, 0.25) is 11.8 Å². The van der Waals surface area contributed by atoms with Crippen LogP contribution in [0.4, 0.5) is 5.69 Å². The fraction of sp³-hybridized carbons (Fsp3) is 0.261. The van der Waals surface area contributed by atoms with Gasteiger partial charge in [-0.2, -0.15) is 5.10 Å². The van der Waals surface area contributed by atoms with E-state index >= 15 is 0 Å². The molecule has 0 saturated carbocycles. The number of hydrazone groups is 1. The number of benzene rings is 2. The van der Waals surface area contributed by atoms with E-state index in [2.05, 4.69) is 54.0 Å². The van der Waals surface area contributed by atoms with Gasteiger partial charge >= 0.3 is 0 Å². The maximum Gasteiger partial charge on any atom is 0.240 e. The molecule has 6 heteroatoms. The lowest BCUT2D eigenvalue weighted by atomic mass is 10.0. The summed E-state index contributed by atoms with van der Waals surface area (Å²) in [6.07, 6.45) is 3.67. The molecule has 2 rings (SSSR count). The summed E-state index contributed by atoms with van der Waals surface area (Å²) in [4.78, 5) is 23.7. The lowest BCUT2D eigenvalue weighted by Crippen LogP contribution is -2.20. The maximum atomic E-state index is 11.9. The molecule has 0 saturated heterocycles. The van der Waals surface area contributed by atoms with Gasteiger partial charge in [-0.15, -0.1) is 0 Å². The molecule has 2 aromatic carbocycles. The van der Waals surface area contributed by atoms with Crippen LogP contribution in [0.5, 0.6) is 0 Å². The Labute approximate surface area is 176 Å². The van der Waals surface area contributed by atoms with Gasteiger partial charge in [0.25, 0.3) is 0 Å². The second-order valence-electron chi connectivity index (χ2n) is 7.06. The normalized spacial score (nSPS) is 11.7. The lowest BCUT2D eigenvalue weighted by molar-refractivity contribution is -0.124. The molecule has 0 radical (unpaired) electrons. The van der Waals surface area contributed by atoms with E-state index in [0.29, 0.717) is 16.6 Å². The predicted octanol–water partition coefficient (Wildman–Crippen LogP) is 5.39. The molecule has 0 aliphatic carbocycles. The summed E-state index contributed by atoms with van der Waals surface area (Å²) >= 11 is 5.87. The number of nitrogens with zero attached hydrogens (tertiary/aromatic N) is 1. The highest BCUT2D eigenvalue weighted by Gasteiger charge is 2.07. The summed E-state index contributed by atoms with van der Waals surface area (Å²) in [7, 11) is 0. The summed E-state index contributed by atoms with van der Waals surface area (Å²) in [5.41, 5.74) is 6.31. The van der Waals surface area contributed by atoms with E-state index in [1.807, 2.05) is 13.0 Å². The van der Waals surface area contributed by atoms with Crippen LogP contribution in [0.1, 0.15) is 50.7 Å². The van der Waals surface area contributed by atoms with Crippen LogP contribution >= 0.6 is 11.6 Å². The van der Waals surface area contributed by atoms with Crippen LogP contribution in [0, 0.1) is 0 Å². The van der Waals surface area contributed by atoms with Crippen molar-refractivity contribution in [3.05, 3.63) is 70.3 Å². The Balaban J connectivity index is 1.75. The predicted molar refractivity (Wildman–Crippen MR) is 120 cm³/mol. The summed E-state index contributed by atoms with van der Waals surface area (Å²) in [6.45, 7) is 6.23. The quantitative estimate of drug-likeness (QED) is 0.451. The Kier molecular flexibility index (Phi) is 8.62. The first-order valence-corrected chi connectivity index (χ1v) is 9.87. The van der Waals surface area contributed by atoms with Crippen molar-refractivity contribution in [1.82, 2.24) is 5.43 Å². The smallest absolute Gasteiger partial charge is 0.240 e. The van der Waals surface area contributed by atoms with E-state index in [1.165, 1.54) is 5.56 Å². The van der Waals surface area contributed by atoms with Crippen LogP contribution < -0.4 is 10.7 Å². The number of anilines is 1. The van der Waals surface area contributed by atoms with E-state index in [0.717, 1.165) is 11.1 Å². The first-order valence-electron chi connectivity index (χ1n) is 9.49. The van der Waals surface area contributed by atoms with Crippen molar-refractivity contribution in [3.63, 3.8) is 0 Å². The third-order valence-electron chi connectivity index (χ3n) is 4.14. The van der Waals surface area contributed by atoms with Gasteiger partial charge in [0.1, 0.15) is 0 Å². The lowest BCUT2D eigenvalue weighted by Gasteiger charge is -2.05. The van der Waals surface area contributed by atoms with Gasteiger partial charge in [0, 0.05) is 23.6 Å². The molecule has 2 aromatic rings. The number of halogens is 1. The first kappa shape index (κ1) is 22.4. The van der Waals surface area contributed by atoms with Crippen molar-refractivity contribution in [3.8, 4) is 0 Å². The molecule has 152 valence electrons. The van der Waals surface area contributed by atoms with Gasteiger partial charge in [-0.1, -0.05) is 61.9 Å². The topological polar surface area (TPSA) is 70.6 Å². The Morgan fingerprint density at radius 3 is 2.41 bits per heavy atom. The third-order valence-corrected chi connectivity index (χ3v) is 4.38. The standard InChI is InChI=1S/C23H26ClN3O2/c1-16(2)19-9-7-18(8-10-19)13-17(3)15-25-27-23(29)12-11-22(28)26-21-6-4-5-20(24)14-21/h4-10,13-16H,11-12H2,1-3H3,(H,26,28)(H,27,29)/b17-13+,25-15-. The van der Waals surface area contributed by atoms with Crippen LogP contribution in [-0.4, -0.2) is 18.0 Å². The Bertz CT molecular complexity index is 903. The third kappa shape index (κ3) is 8.32. The van der Waals surface area contributed by atoms with Crippen molar-refractivity contribution < 1.29 is 9.59 Å². The average Bonchev–Trinajstić information content (AvgIpc) is 2.67. The zero-order valence-electron chi connectivity index (χ0n) is 16.9. The Morgan fingerprint density at radius 1 is 1.07 bits per heavy atom. The van der Waals surface area contributed by atoms with Crippen LogP contribution in [-0.2, 0) is 9.59 Å². The first-order chi connectivity index (χ1) is 13.8. The molecule has 2 N–H and O–H groups in total. The number of carbonyl (C=O) groups excluding carboxylic acids is 2. The molecule has 29 heavy (non-hydrogen) atoms. The Hall–Kier alpha value is -2.92. The molecular formula is C23H26ClN3O2. The maximum absolute atomic E-state index is 11.9. The molecule has 0 unspecified atom stereocenters. The van der Waals surface area contributed by atoms with Gasteiger partial charge < -0.3 is 5.32 Å². The zero-order chi connectivity index (χ0) is 21.2. The second-order valence-corrected chi connectivity index (χ2v) is 7.50. The van der Waals surface area contributed by atoms with Crippen molar-refractivity contribution in [1.29, 1.82) is 0 Å². The van der Waals surface area contributed by atoms with E-state index in [1.54, 1.807) is 30.5 Å². The SMILES string of the molecule is CC(/C=N\NC(=O)CCC(=O)Nc1cccc(Cl)c1)=C\c1ccc(C(C)C)cc1. The summed E-state index contributed by atoms with van der Waals surface area (Å²) in [5, 5.41) is 7.18. The minimum Gasteiger partial charge on any atom is -0.326 e. The van der Waals surface area contributed by atoms with Gasteiger partial charge in [-0.05, 0) is 47.7 Å². The molecule has 0 aliphatic rings. The molecule has 5 nitrogen and oxygen atoms in total. The van der Waals surface area contributed by atoms with E-state index in [9.17, 15) is 9.59 Å². The zero-order valence-corrected chi connectivity index (χ0v) is 17.7. The summed E-state index contributed by atoms with van der Waals surface area (Å²) < 4.78 is 0. The molecule has 0 bridgehead atoms. The van der Waals surface area contributed by atoms with Crippen molar-refractivity contribution in [2.24, 2.45) is 5.10 Å². The second kappa shape index (κ2) is 11.2. The number of nitrogens with one attached hydrogen (secondary N) is 2. The molecule has 0 aromatic heterocycles. The molecule has 0 fully saturated rings. The highest BCUT2D eigenvalue weighted by molar-refractivity contribution is 6.30. The molecular weight excluding hydrogens is 386 g/mol. The van der Waals surface area contributed by atoms with Crippen molar-refractivity contribution in [2.45, 2.75) is 39.5 Å². The Morgan fingerprint density at radius 2 is 1.76 bits per heavy atom. The van der Waals surface area contributed by atoms with E-state index in [4.69, 9.17) is 11.6 Å². The molecule has 2 amide bonds. The number of rotatable bonds is 8. The summed E-state index contributed by atoms with van der Waals surface area (Å²) in [6, 6.07) is 15.2. The monoisotopic (exact) mass is 411 g/mol. The average molecular weight is 412 g/mol. The highest BCUT2D eigenvalue weighted by Crippen LogP contribution is 2.16. The number of hydrogen-bond acceptors (Lipinski definition) is 3. The van der Waals surface area contributed by atoms with Crippen molar-refractivity contribution >= 4 is 41.4 Å². The van der Waals surface area contributed by atoms with E-state index < -0.39 is 0 Å². The number of allylic oxidation sites excluding steroid dienone is 1. The van der Waals surface area contributed by atoms with Gasteiger partial charge in [-0.25, -0.2) is 5.43 Å². The minimum atomic E-state index is -0.323. The number of hydrogen-bond donors (Lipinski definition) is 2. The van der Waals surface area contributed by atoms with Gasteiger partial charge in [0.15, 0.2) is 0 Å². The van der Waals surface area contributed by atoms with Crippen molar-refractivity contribution in [2.75, 3.05) is 5.32 Å². The highest BCUT2D eigenvalue weighted by atomic mass is 35.5. The van der Waals surface area contributed by atoms with Crippen LogP contribution in [0.25, 0.3) is 6.08 Å². The fourth-order valence-electron chi connectivity index (χ4n) is 2.56. The molecule has 0 atom stereocenters. The van der Waals surface area contributed by atoms with Crippen LogP contribution in [0.15, 0.2) is 59.2 Å². The molecule has 0 heterocycles. The molecule has 0 aliphatic heterocycles. The largest absolute Gasteiger partial charge is 0.326 e. The van der Waals surface area contributed by atoms with Gasteiger partial charge in [0.05, 0.1) is 6.21 Å². The minimum absolute atomic E-state index is 0.0448. The van der Waals surface area contributed by atoms with Crippen LogP contribution in [0.3, 0.4) is 0 Å². The number of carbonyl (C=O) groups is 2. The van der Waals surface area contributed by atoms with E-state index in [-0.39, 0.29) is 24.7 Å². The molecule has 0 spiro atoms. The van der Waals surface area contributed by atoms with Gasteiger partial charge in [-0.3, -0.25) is 9.59 Å². The summed E-state index contributed by atoms with van der Waals surface area (Å²) in [5.74, 6) is -0.0811. The number of amides is 2. The van der Waals surface area contributed by atoms with Crippen LogP contribution in [0.2, 0.25) is 5.02 Å². The fourth-order valence-corrected chi connectivity index (χ4v) is 2.75.